The highest BCUT2D eigenvalue weighted by molar-refractivity contribution is 6.30. The summed E-state index contributed by atoms with van der Waals surface area (Å²) in [6.45, 7) is 0. The Hall–Kier alpha value is -3.74. The second-order valence-electron chi connectivity index (χ2n) is 7.02. The normalized spacial score (nSPS) is 10.5. The standard InChI is InChI=1S/C25H17Cl2FN2O3/c26-15-1-5-17(6-2-15)29-23-11-9-19(13-21(23)25(31)32)33-20-10-12-24(22(28)14-20)30-18-7-3-16(27)4-8-18/h1-14,29-30H,(H,31,32). The SMILES string of the molecule is O=C(O)c1cc(Oc2ccc(Nc3ccc(Cl)cc3)c(F)c2)ccc1Nc1ccc(Cl)cc1. The zero-order valence-electron chi connectivity index (χ0n) is 17.0. The number of hydrogen-bond acceptors (Lipinski definition) is 4. The van der Waals surface area contributed by atoms with Crippen molar-refractivity contribution in [2.24, 2.45) is 0 Å². The summed E-state index contributed by atoms with van der Waals surface area (Å²) in [4.78, 5) is 11.8. The molecule has 0 amide bonds. The van der Waals surface area contributed by atoms with Crippen molar-refractivity contribution in [2.45, 2.75) is 0 Å². The van der Waals surface area contributed by atoms with E-state index in [0.29, 0.717) is 27.1 Å². The maximum atomic E-state index is 14.6. The first kappa shape index (κ1) is 22.5. The van der Waals surface area contributed by atoms with Gasteiger partial charge in [0.1, 0.15) is 17.3 Å². The fraction of sp³-hybridized carbons (Fsp3) is 0. The number of hydrogen-bond donors (Lipinski definition) is 3. The summed E-state index contributed by atoms with van der Waals surface area (Å²) < 4.78 is 20.3. The van der Waals surface area contributed by atoms with Crippen LogP contribution in [0, 0.1) is 5.82 Å². The second-order valence-corrected chi connectivity index (χ2v) is 7.89. The lowest BCUT2D eigenvalue weighted by Gasteiger charge is -2.13. The minimum atomic E-state index is -1.13. The number of ether oxygens (including phenoxy) is 1. The molecule has 5 nitrogen and oxygen atoms in total. The summed E-state index contributed by atoms with van der Waals surface area (Å²) in [5, 5.41) is 16.8. The van der Waals surface area contributed by atoms with Gasteiger partial charge in [0.25, 0.3) is 0 Å². The largest absolute Gasteiger partial charge is 0.478 e. The molecule has 0 atom stereocenters. The Morgan fingerprint density at radius 2 is 1.21 bits per heavy atom. The van der Waals surface area contributed by atoms with Gasteiger partial charge in [0.05, 0.1) is 16.9 Å². The van der Waals surface area contributed by atoms with Crippen LogP contribution in [0.15, 0.2) is 84.9 Å². The van der Waals surface area contributed by atoms with Crippen LogP contribution in [0.2, 0.25) is 10.0 Å². The molecule has 0 aliphatic carbocycles. The highest BCUT2D eigenvalue weighted by atomic mass is 35.5. The van der Waals surface area contributed by atoms with Gasteiger partial charge in [0, 0.05) is 27.5 Å². The van der Waals surface area contributed by atoms with Crippen molar-refractivity contribution in [2.75, 3.05) is 10.6 Å². The Balaban J connectivity index is 1.51. The zero-order chi connectivity index (χ0) is 23.4. The van der Waals surface area contributed by atoms with Crippen LogP contribution in [0.5, 0.6) is 11.5 Å². The van der Waals surface area contributed by atoms with Gasteiger partial charge in [-0.05, 0) is 78.9 Å². The predicted octanol–water partition coefficient (Wildman–Crippen LogP) is 8.11. The Labute approximate surface area is 199 Å². The van der Waals surface area contributed by atoms with E-state index in [1.54, 1.807) is 66.7 Å². The highest BCUT2D eigenvalue weighted by Gasteiger charge is 2.13. The molecular weight excluding hydrogens is 466 g/mol. The summed E-state index contributed by atoms with van der Waals surface area (Å²) in [5.41, 5.74) is 2.01. The van der Waals surface area contributed by atoms with Gasteiger partial charge < -0.3 is 20.5 Å². The number of halogens is 3. The molecule has 0 aliphatic rings. The van der Waals surface area contributed by atoms with E-state index in [2.05, 4.69) is 10.6 Å². The van der Waals surface area contributed by atoms with Crippen molar-refractivity contribution in [1.82, 2.24) is 0 Å². The van der Waals surface area contributed by atoms with E-state index in [0.717, 1.165) is 0 Å². The lowest BCUT2D eigenvalue weighted by molar-refractivity contribution is 0.0697. The molecule has 33 heavy (non-hydrogen) atoms. The molecule has 0 bridgehead atoms. The second kappa shape index (κ2) is 9.81. The molecule has 4 aromatic rings. The summed E-state index contributed by atoms with van der Waals surface area (Å²) in [6.07, 6.45) is 0. The number of rotatable bonds is 7. The topological polar surface area (TPSA) is 70.6 Å². The van der Waals surface area contributed by atoms with Gasteiger partial charge >= 0.3 is 5.97 Å². The lowest BCUT2D eigenvalue weighted by Crippen LogP contribution is -2.03. The Morgan fingerprint density at radius 3 is 1.73 bits per heavy atom. The smallest absolute Gasteiger partial charge is 0.337 e. The van der Waals surface area contributed by atoms with Crippen LogP contribution < -0.4 is 15.4 Å². The molecule has 0 aliphatic heterocycles. The number of carboxylic acid groups (broad SMARTS) is 1. The van der Waals surface area contributed by atoms with E-state index < -0.39 is 11.8 Å². The van der Waals surface area contributed by atoms with E-state index in [1.807, 2.05) is 0 Å². The molecular formula is C25H17Cl2FN2O3. The Bertz CT molecular complexity index is 1300. The molecule has 166 valence electrons. The van der Waals surface area contributed by atoms with Crippen molar-refractivity contribution in [3.8, 4) is 11.5 Å². The number of aromatic carboxylic acids is 1. The highest BCUT2D eigenvalue weighted by Crippen LogP contribution is 2.31. The van der Waals surface area contributed by atoms with Crippen molar-refractivity contribution >= 4 is 51.9 Å². The molecule has 4 aromatic carbocycles. The summed E-state index contributed by atoms with van der Waals surface area (Å²) in [7, 11) is 0. The molecule has 3 N–H and O–H groups in total. The van der Waals surface area contributed by atoms with Crippen molar-refractivity contribution in [1.29, 1.82) is 0 Å². The number of nitrogens with one attached hydrogen (secondary N) is 2. The van der Waals surface area contributed by atoms with Crippen LogP contribution in [0.3, 0.4) is 0 Å². The van der Waals surface area contributed by atoms with E-state index >= 15 is 0 Å². The first-order valence-corrected chi connectivity index (χ1v) is 10.5. The van der Waals surface area contributed by atoms with Crippen LogP contribution in [0.25, 0.3) is 0 Å². The number of anilines is 4. The molecule has 0 saturated heterocycles. The maximum absolute atomic E-state index is 14.6. The molecule has 0 unspecified atom stereocenters. The molecule has 0 heterocycles. The van der Waals surface area contributed by atoms with Crippen LogP contribution in [-0.4, -0.2) is 11.1 Å². The molecule has 8 heteroatoms. The van der Waals surface area contributed by atoms with Gasteiger partial charge in [-0.3, -0.25) is 0 Å². The molecule has 0 saturated carbocycles. The third-order valence-corrected chi connectivity index (χ3v) is 5.15. The van der Waals surface area contributed by atoms with Crippen LogP contribution in [0.1, 0.15) is 10.4 Å². The average Bonchev–Trinajstić information content (AvgIpc) is 2.79. The maximum Gasteiger partial charge on any atom is 0.337 e. The minimum absolute atomic E-state index is 0.00365. The van der Waals surface area contributed by atoms with Crippen molar-refractivity contribution < 1.29 is 19.0 Å². The van der Waals surface area contributed by atoms with E-state index in [-0.39, 0.29) is 22.7 Å². The summed E-state index contributed by atoms with van der Waals surface area (Å²) in [6, 6.07) is 22.6. The summed E-state index contributed by atoms with van der Waals surface area (Å²) in [5.74, 6) is -1.18. The summed E-state index contributed by atoms with van der Waals surface area (Å²) >= 11 is 11.8. The molecule has 0 aromatic heterocycles. The molecule has 4 rings (SSSR count). The minimum Gasteiger partial charge on any atom is -0.478 e. The number of benzene rings is 4. The van der Waals surface area contributed by atoms with Crippen molar-refractivity contribution in [3.63, 3.8) is 0 Å². The third kappa shape index (κ3) is 5.74. The van der Waals surface area contributed by atoms with Gasteiger partial charge in [0.15, 0.2) is 0 Å². The fourth-order valence-corrected chi connectivity index (χ4v) is 3.30. The monoisotopic (exact) mass is 482 g/mol. The number of carboxylic acids is 1. The predicted molar refractivity (Wildman–Crippen MR) is 129 cm³/mol. The van der Waals surface area contributed by atoms with E-state index in [1.165, 1.54) is 18.2 Å². The van der Waals surface area contributed by atoms with Gasteiger partial charge in [-0.25, -0.2) is 9.18 Å². The fourth-order valence-electron chi connectivity index (χ4n) is 3.05. The Morgan fingerprint density at radius 1 is 0.727 bits per heavy atom. The van der Waals surface area contributed by atoms with Gasteiger partial charge in [-0.15, -0.1) is 0 Å². The van der Waals surface area contributed by atoms with E-state index in [4.69, 9.17) is 27.9 Å². The van der Waals surface area contributed by atoms with Crippen LogP contribution >= 0.6 is 23.2 Å². The first-order valence-electron chi connectivity index (χ1n) is 9.77. The molecule has 0 fully saturated rings. The molecule has 0 radical (unpaired) electrons. The van der Waals surface area contributed by atoms with Crippen molar-refractivity contribution in [3.05, 3.63) is 106 Å². The van der Waals surface area contributed by atoms with Gasteiger partial charge in [0.2, 0.25) is 0 Å². The van der Waals surface area contributed by atoms with Crippen LogP contribution in [-0.2, 0) is 0 Å². The van der Waals surface area contributed by atoms with Gasteiger partial charge in [-0.2, -0.15) is 0 Å². The van der Waals surface area contributed by atoms with E-state index in [9.17, 15) is 14.3 Å². The quantitative estimate of drug-likeness (QED) is 0.248. The third-order valence-electron chi connectivity index (χ3n) is 4.64. The number of carbonyl (C=O) groups is 1. The molecule has 0 spiro atoms. The lowest BCUT2D eigenvalue weighted by atomic mass is 10.1. The van der Waals surface area contributed by atoms with Crippen LogP contribution in [0.4, 0.5) is 27.1 Å². The van der Waals surface area contributed by atoms with Gasteiger partial charge in [-0.1, -0.05) is 23.2 Å². The first-order chi connectivity index (χ1) is 15.9. The zero-order valence-corrected chi connectivity index (χ0v) is 18.5. The Kier molecular flexibility index (Phi) is 6.68. The average molecular weight is 483 g/mol.